The zero-order valence-corrected chi connectivity index (χ0v) is 14.2. The Labute approximate surface area is 146 Å². The van der Waals surface area contributed by atoms with E-state index in [9.17, 15) is 10.1 Å². The van der Waals surface area contributed by atoms with Crippen LogP contribution in [0.25, 0.3) is 10.8 Å². The Morgan fingerprint density at radius 2 is 1.84 bits per heavy atom. The molecule has 0 bridgehead atoms. The number of fused-ring (bicyclic) bond motifs is 2. The van der Waals surface area contributed by atoms with Gasteiger partial charge in [0.1, 0.15) is 0 Å². The maximum absolute atomic E-state index is 11.1. The smallest absolute Gasteiger partial charge is 0.269 e. The zero-order chi connectivity index (χ0) is 17.4. The van der Waals surface area contributed by atoms with Gasteiger partial charge in [-0.2, -0.15) is 0 Å². The van der Waals surface area contributed by atoms with E-state index in [2.05, 4.69) is 54.3 Å². The summed E-state index contributed by atoms with van der Waals surface area (Å²) in [6.45, 7) is 3.95. The largest absolute Gasteiger partial charge is 0.292 e. The summed E-state index contributed by atoms with van der Waals surface area (Å²) in [5, 5.41) is 13.6. The number of nitrogens with zero attached hydrogens (tertiary/aromatic N) is 2. The van der Waals surface area contributed by atoms with Crippen LogP contribution in [0, 0.1) is 10.1 Å². The van der Waals surface area contributed by atoms with E-state index in [-0.39, 0.29) is 16.7 Å². The van der Waals surface area contributed by atoms with Crippen molar-refractivity contribution in [3.8, 4) is 0 Å². The molecule has 4 nitrogen and oxygen atoms in total. The van der Waals surface area contributed by atoms with Gasteiger partial charge in [-0.25, -0.2) is 0 Å². The van der Waals surface area contributed by atoms with Crippen molar-refractivity contribution in [3.63, 3.8) is 0 Å². The van der Waals surface area contributed by atoms with Crippen LogP contribution in [0.15, 0.2) is 60.7 Å². The molecule has 3 aromatic carbocycles. The van der Waals surface area contributed by atoms with E-state index >= 15 is 0 Å². The van der Waals surface area contributed by atoms with Gasteiger partial charge < -0.3 is 0 Å². The average molecular weight is 332 g/mol. The van der Waals surface area contributed by atoms with Crippen LogP contribution < -0.4 is 0 Å². The number of hydrogen-bond acceptors (Lipinski definition) is 3. The predicted octanol–water partition coefficient (Wildman–Crippen LogP) is 4.87. The highest BCUT2D eigenvalue weighted by Crippen LogP contribution is 2.32. The summed E-state index contributed by atoms with van der Waals surface area (Å²) in [6, 6.07) is 20.4. The van der Waals surface area contributed by atoms with E-state index in [4.69, 9.17) is 0 Å². The summed E-state index contributed by atoms with van der Waals surface area (Å²) >= 11 is 0. The number of hydrogen-bond donors (Lipinski definition) is 0. The summed E-state index contributed by atoms with van der Waals surface area (Å²) < 4.78 is 0. The van der Waals surface area contributed by atoms with Gasteiger partial charge in [0.2, 0.25) is 0 Å². The Bertz CT molecular complexity index is 946. The minimum atomic E-state index is -0.312. The third-order valence-electron chi connectivity index (χ3n) is 5.26. The second kappa shape index (κ2) is 6.30. The second-order valence-corrected chi connectivity index (χ2v) is 6.67. The number of nitro benzene ring substituents is 1. The molecule has 4 rings (SSSR count). The Hall–Kier alpha value is -2.72. The Kier molecular flexibility index (Phi) is 3.98. The molecule has 0 spiro atoms. The molecular weight excluding hydrogens is 312 g/mol. The standard InChI is InChI=1S/C21H20N2O2/c1-15(20-8-4-6-17-5-2-3-7-21(17)20)22-12-11-16-9-10-19(23(24)25)13-18(16)14-22/h2-10,13,15H,11-12,14H2,1H3. The number of nitro groups is 1. The van der Waals surface area contributed by atoms with Crippen LogP contribution in [0.1, 0.15) is 29.7 Å². The van der Waals surface area contributed by atoms with Crippen LogP contribution in [-0.4, -0.2) is 16.4 Å². The van der Waals surface area contributed by atoms with Crippen molar-refractivity contribution in [1.29, 1.82) is 0 Å². The van der Waals surface area contributed by atoms with E-state index in [0.717, 1.165) is 25.1 Å². The lowest BCUT2D eigenvalue weighted by Gasteiger charge is -2.34. The number of non-ortho nitro benzene ring substituents is 1. The SMILES string of the molecule is CC(c1cccc2ccccc12)N1CCc2ccc([N+](=O)[O-])cc2C1. The molecular formula is C21H20N2O2. The molecule has 0 radical (unpaired) electrons. The normalized spacial score (nSPS) is 15.7. The highest BCUT2D eigenvalue weighted by Gasteiger charge is 2.24. The van der Waals surface area contributed by atoms with Crippen molar-refractivity contribution in [1.82, 2.24) is 4.90 Å². The molecule has 0 N–H and O–H groups in total. The quantitative estimate of drug-likeness (QED) is 0.508. The molecule has 0 fully saturated rings. The van der Waals surface area contributed by atoms with E-state index in [1.165, 1.54) is 21.9 Å². The molecule has 0 saturated carbocycles. The van der Waals surface area contributed by atoms with Gasteiger partial charge in [0.25, 0.3) is 5.69 Å². The van der Waals surface area contributed by atoms with E-state index in [1.54, 1.807) is 12.1 Å². The predicted molar refractivity (Wildman–Crippen MR) is 99.6 cm³/mol. The fourth-order valence-electron chi connectivity index (χ4n) is 3.82. The second-order valence-electron chi connectivity index (χ2n) is 6.67. The van der Waals surface area contributed by atoms with Crippen LogP contribution in [0.5, 0.6) is 0 Å². The maximum Gasteiger partial charge on any atom is 0.269 e. The van der Waals surface area contributed by atoms with Crippen molar-refractivity contribution in [2.75, 3.05) is 6.54 Å². The van der Waals surface area contributed by atoms with E-state index in [1.807, 2.05) is 6.07 Å². The molecule has 1 atom stereocenters. The third kappa shape index (κ3) is 2.89. The van der Waals surface area contributed by atoms with Gasteiger partial charge in [0.05, 0.1) is 4.92 Å². The molecule has 4 heteroatoms. The van der Waals surface area contributed by atoms with Gasteiger partial charge in [0, 0.05) is 31.3 Å². The zero-order valence-electron chi connectivity index (χ0n) is 14.2. The lowest BCUT2D eigenvalue weighted by molar-refractivity contribution is -0.385. The summed E-state index contributed by atoms with van der Waals surface area (Å²) in [4.78, 5) is 13.2. The maximum atomic E-state index is 11.1. The van der Waals surface area contributed by atoms with Gasteiger partial charge >= 0.3 is 0 Å². The van der Waals surface area contributed by atoms with Crippen molar-refractivity contribution < 1.29 is 4.92 Å². The van der Waals surface area contributed by atoms with Gasteiger partial charge in [-0.05, 0) is 40.8 Å². The fourth-order valence-corrected chi connectivity index (χ4v) is 3.82. The number of rotatable bonds is 3. The van der Waals surface area contributed by atoms with E-state index in [0.29, 0.717) is 0 Å². The Balaban J connectivity index is 1.66. The minimum Gasteiger partial charge on any atom is -0.292 e. The topological polar surface area (TPSA) is 46.4 Å². The highest BCUT2D eigenvalue weighted by atomic mass is 16.6. The molecule has 126 valence electrons. The first-order valence-electron chi connectivity index (χ1n) is 8.61. The van der Waals surface area contributed by atoms with Crippen LogP contribution >= 0.6 is 0 Å². The monoisotopic (exact) mass is 332 g/mol. The third-order valence-corrected chi connectivity index (χ3v) is 5.26. The Morgan fingerprint density at radius 3 is 2.68 bits per heavy atom. The summed E-state index contributed by atoms with van der Waals surface area (Å²) in [5.74, 6) is 0. The first kappa shape index (κ1) is 15.8. The minimum absolute atomic E-state index is 0.179. The van der Waals surface area contributed by atoms with Crippen LogP contribution in [-0.2, 0) is 13.0 Å². The summed E-state index contributed by atoms with van der Waals surface area (Å²) in [5.41, 5.74) is 3.80. The molecule has 0 aromatic heterocycles. The summed E-state index contributed by atoms with van der Waals surface area (Å²) in [6.07, 6.45) is 0.933. The van der Waals surface area contributed by atoms with Crippen molar-refractivity contribution >= 4 is 16.5 Å². The molecule has 1 unspecified atom stereocenters. The molecule has 0 saturated heterocycles. The summed E-state index contributed by atoms with van der Waals surface area (Å²) in [7, 11) is 0. The van der Waals surface area contributed by atoms with Crippen LogP contribution in [0.4, 0.5) is 5.69 Å². The van der Waals surface area contributed by atoms with Gasteiger partial charge in [-0.1, -0.05) is 48.5 Å². The molecule has 25 heavy (non-hydrogen) atoms. The average Bonchev–Trinajstić information content (AvgIpc) is 2.66. The molecule has 0 aliphatic carbocycles. The molecule has 3 aromatic rings. The van der Waals surface area contributed by atoms with Crippen molar-refractivity contribution in [2.24, 2.45) is 0 Å². The number of benzene rings is 3. The molecule has 1 heterocycles. The van der Waals surface area contributed by atoms with Crippen LogP contribution in [0.3, 0.4) is 0 Å². The van der Waals surface area contributed by atoms with Gasteiger partial charge in [-0.3, -0.25) is 15.0 Å². The molecule has 0 amide bonds. The highest BCUT2D eigenvalue weighted by molar-refractivity contribution is 5.86. The van der Waals surface area contributed by atoms with E-state index < -0.39 is 0 Å². The molecule has 1 aliphatic rings. The Morgan fingerprint density at radius 1 is 1.04 bits per heavy atom. The van der Waals surface area contributed by atoms with Crippen molar-refractivity contribution in [3.05, 3.63) is 87.5 Å². The lowest BCUT2D eigenvalue weighted by Crippen LogP contribution is -2.33. The molecule has 1 aliphatic heterocycles. The first-order valence-corrected chi connectivity index (χ1v) is 8.61. The van der Waals surface area contributed by atoms with Gasteiger partial charge in [-0.15, -0.1) is 0 Å². The first-order chi connectivity index (χ1) is 12.1. The fraction of sp³-hybridized carbons (Fsp3) is 0.238. The van der Waals surface area contributed by atoms with Crippen LogP contribution in [0.2, 0.25) is 0 Å². The lowest BCUT2D eigenvalue weighted by atomic mass is 9.94. The van der Waals surface area contributed by atoms with Crippen molar-refractivity contribution in [2.45, 2.75) is 25.9 Å². The van der Waals surface area contributed by atoms with Gasteiger partial charge in [0.15, 0.2) is 0 Å².